The van der Waals surface area contributed by atoms with Gasteiger partial charge in [0.15, 0.2) is 0 Å². The Balaban J connectivity index is 3.16. The van der Waals surface area contributed by atoms with E-state index < -0.39 is 10.0 Å². The Hall–Kier alpha value is -0.950. The summed E-state index contributed by atoms with van der Waals surface area (Å²) >= 11 is 0. The molecule has 1 aromatic carbocycles. The van der Waals surface area contributed by atoms with E-state index in [1.807, 2.05) is 20.8 Å². The monoisotopic (exact) mass is 300 g/mol. The van der Waals surface area contributed by atoms with Gasteiger partial charge in [0.2, 0.25) is 10.0 Å². The number of rotatable bonds is 7. The Morgan fingerprint density at radius 2 is 2.00 bits per heavy atom. The van der Waals surface area contributed by atoms with E-state index in [-0.39, 0.29) is 17.5 Å². The molecule has 0 bridgehead atoms. The molecule has 1 rings (SSSR count). The van der Waals surface area contributed by atoms with E-state index in [0.29, 0.717) is 19.5 Å². The first-order chi connectivity index (χ1) is 9.34. The van der Waals surface area contributed by atoms with Gasteiger partial charge in [-0.2, -0.15) is 4.31 Å². The number of aliphatic hydroxyl groups is 1. The van der Waals surface area contributed by atoms with Crippen molar-refractivity contribution in [1.82, 2.24) is 4.31 Å². The third-order valence-corrected chi connectivity index (χ3v) is 5.32. The van der Waals surface area contributed by atoms with E-state index in [2.05, 4.69) is 0 Å². The average Bonchev–Trinajstić information content (AvgIpc) is 2.38. The van der Waals surface area contributed by atoms with Crippen molar-refractivity contribution >= 4 is 10.0 Å². The van der Waals surface area contributed by atoms with Gasteiger partial charge in [0.25, 0.3) is 0 Å². The zero-order chi connectivity index (χ0) is 15.3. The molecule has 0 aromatic heterocycles. The zero-order valence-corrected chi connectivity index (χ0v) is 13.2. The van der Waals surface area contributed by atoms with Crippen molar-refractivity contribution in [2.24, 2.45) is 5.73 Å². The molecule has 0 aliphatic carbocycles. The van der Waals surface area contributed by atoms with Gasteiger partial charge in [0.05, 0.1) is 4.90 Å². The Morgan fingerprint density at radius 1 is 1.35 bits per heavy atom. The minimum Gasteiger partial charge on any atom is -0.396 e. The fourth-order valence-electron chi connectivity index (χ4n) is 2.08. The first kappa shape index (κ1) is 17.1. The van der Waals surface area contributed by atoms with Gasteiger partial charge < -0.3 is 10.8 Å². The number of hydrogen-bond donors (Lipinski definition) is 2. The van der Waals surface area contributed by atoms with Crippen LogP contribution in [0, 0.1) is 6.92 Å². The molecule has 5 nitrogen and oxygen atoms in total. The molecule has 114 valence electrons. The van der Waals surface area contributed by atoms with Gasteiger partial charge in [-0.25, -0.2) is 8.42 Å². The lowest BCUT2D eigenvalue weighted by molar-refractivity contribution is 0.258. The third kappa shape index (κ3) is 3.79. The predicted molar refractivity (Wildman–Crippen MR) is 79.8 cm³/mol. The van der Waals surface area contributed by atoms with Crippen molar-refractivity contribution in [3.8, 4) is 0 Å². The molecule has 0 fully saturated rings. The summed E-state index contributed by atoms with van der Waals surface area (Å²) in [5, 5.41) is 8.91. The number of sulfonamides is 1. The summed E-state index contributed by atoms with van der Waals surface area (Å²) in [6, 6.07) is 4.86. The summed E-state index contributed by atoms with van der Waals surface area (Å²) < 4.78 is 26.7. The smallest absolute Gasteiger partial charge is 0.243 e. The van der Waals surface area contributed by atoms with Crippen molar-refractivity contribution in [2.45, 2.75) is 44.7 Å². The standard InChI is InChI=1S/C14H24N2O3S/c1-11(2)16(7-4-8-17)20(18,19)14-6-5-13(10-15)12(3)9-14/h5-6,9,11,17H,4,7-8,10,15H2,1-3H3. The van der Waals surface area contributed by atoms with Crippen LogP contribution in [0.5, 0.6) is 0 Å². The van der Waals surface area contributed by atoms with Gasteiger partial charge in [0, 0.05) is 25.7 Å². The molecule has 0 spiro atoms. The highest BCUT2D eigenvalue weighted by molar-refractivity contribution is 7.89. The Bertz CT molecular complexity index is 541. The van der Waals surface area contributed by atoms with Gasteiger partial charge >= 0.3 is 0 Å². The Morgan fingerprint density at radius 3 is 2.45 bits per heavy atom. The maximum atomic E-state index is 12.6. The number of aryl methyl sites for hydroxylation is 1. The Labute approximate surface area is 121 Å². The van der Waals surface area contributed by atoms with Crippen LogP contribution in [0.25, 0.3) is 0 Å². The molecule has 0 atom stereocenters. The molecule has 0 saturated carbocycles. The molecule has 0 unspecified atom stereocenters. The van der Waals surface area contributed by atoms with E-state index in [1.165, 1.54) is 4.31 Å². The van der Waals surface area contributed by atoms with Gasteiger partial charge in [0.1, 0.15) is 0 Å². The highest BCUT2D eigenvalue weighted by atomic mass is 32.2. The number of aliphatic hydroxyl groups excluding tert-OH is 1. The molecular weight excluding hydrogens is 276 g/mol. The van der Waals surface area contributed by atoms with E-state index in [4.69, 9.17) is 10.8 Å². The second-order valence-electron chi connectivity index (χ2n) is 5.08. The van der Waals surface area contributed by atoms with Crippen LogP contribution in [0.15, 0.2) is 23.1 Å². The van der Waals surface area contributed by atoms with Crippen molar-refractivity contribution < 1.29 is 13.5 Å². The minimum atomic E-state index is -3.54. The first-order valence-corrected chi connectivity index (χ1v) is 8.21. The molecular formula is C14H24N2O3S. The van der Waals surface area contributed by atoms with Gasteiger partial charge in [-0.1, -0.05) is 6.07 Å². The molecule has 1 aromatic rings. The normalized spacial score (nSPS) is 12.3. The second kappa shape index (κ2) is 7.17. The van der Waals surface area contributed by atoms with Crippen LogP contribution >= 0.6 is 0 Å². The van der Waals surface area contributed by atoms with Crippen LogP contribution in [-0.4, -0.2) is 37.0 Å². The number of nitrogens with two attached hydrogens (primary N) is 1. The van der Waals surface area contributed by atoms with Crippen molar-refractivity contribution in [1.29, 1.82) is 0 Å². The summed E-state index contributed by atoms with van der Waals surface area (Å²) in [6.45, 7) is 6.20. The molecule has 6 heteroatoms. The second-order valence-corrected chi connectivity index (χ2v) is 6.97. The van der Waals surface area contributed by atoms with Crippen LogP contribution in [0.3, 0.4) is 0 Å². The highest BCUT2D eigenvalue weighted by Gasteiger charge is 2.26. The molecule has 0 radical (unpaired) electrons. The van der Waals surface area contributed by atoms with E-state index >= 15 is 0 Å². The van der Waals surface area contributed by atoms with Crippen LogP contribution in [0.2, 0.25) is 0 Å². The SMILES string of the molecule is Cc1cc(S(=O)(=O)N(CCCO)C(C)C)ccc1CN. The molecule has 3 N–H and O–H groups in total. The summed E-state index contributed by atoms with van der Waals surface area (Å²) in [5.41, 5.74) is 7.41. The highest BCUT2D eigenvalue weighted by Crippen LogP contribution is 2.21. The van der Waals surface area contributed by atoms with Crippen molar-refractivity contribution in [3.63, 3.8) is 0 Å². The van der Waals surface area contributed by atoms with Crippen LogP contribution in [0.1, 0.15) is 31.4 Å². The molecule has 0 heterocycles. The van der Waals surface area contributed by atoms with Crippen LogP contribution in [-0.2, 0) is 16.6 Å². The molecule has 0 amide bonds. The summed E-state index contributed by atoms with van der Waals surface area (Å²) in [4.78, 5) is 0.277. The lowest BCUT2D eigenvalue weighted by Gasteiger charge is -2.26. The summed E-state index contributed by atoms with van der Waals surface area (Å²) in [7, 11) is -3.54. The maximum Gasteiger partial charge on any atom is 0.243 e. The third-order valence-electron chi connectivity index (χ3n) is 3.25. The first-order valence-electron chi connectivity index (χ1n) is 6.77. The maximum absolute atomic E-state index is 12.6. The minimum absolute atomic E-state index is 0.0239. The molecule has 0 aliphatic rings. The van der Waals surface area contributed by atoms with Crippen molar-refractivity contribution in [3.05, 3.63) is 29.3 Å². The fraction of sp³-hybridized carbons (Fsp3) is 0.571. The quantitative estimate of drug-likeness (QED) is 0.793. The fourth-order valence-corrected chi connectivity index (χ4v) is 3.84. The molecule has 0 saturated heterocycles. The van der Waals surface area contributed by atoms with E-state index in [1.54, 1.807) is 18.2 Å². The largest absolute Gasteiger partial charge is 0.396 e. The van der Waals surface area contributed by atoms with Crippen LogP contribution < -0.4 is 5.73 Å². The van der Waals surface area contributed by atoms with E-state index in [9.17, 15) is 8.42 Å². The van der Waals surface area contributed by atoms with E-state index in [0.717, 1.165) is 11.1 Å². The number of benzene rings is 1. The van der Waals surface area contributed by atoms with Crippen molar-refractivity contribution in [2.75, 3.05) is 13.2 Å². The van der Waals surface area contributed by atoms with Gasteiger partial charge in [-0.3, -0.25) is 0 Å². The zero-order valence-electron chi connectivity index (χ0n) is 12.3. The van der Waals surface area contributed by atoms with Gasteiger partial charge in [-0.05, 0) is 50.5 Å². The van der Waals surface area contributed by atoms with Gasteiger partial charge in [-0.15, -0.1) is 0 Å². The topological polar surface area (TPSA) is 83.6 Å². The van der Waals surface area contributed by atoms with Crippen LogP contribution in [0.4, 0.5) is 0 Å². The average molecular weight is 300 g/mol. The Kier molecular flexibility index (Phi) is 6.13. The lowest BCUT2D eigenvalue weighted by Crippen LogP contribution is -2.38. The predicted octanol–water partition coefficient (Wildman–Crippen LogP) is 1.24. The number of hydrogen-bond acceptors (Lipinski definition) is 4. The summed E-state index contributed by atoms with van der Waals surface area (Å²) in [5.74, 6) is 0. The summed E-state index contributed by atoms with van der Waals surface area (Å²) in [6.07, 6.45) is 0.428. The lowest BCUT2D eigenvalue weighted by atomic mass is 10.1. The molecule has 0 aliphatic heterocycles. The molecule has 20 heavy (non-hydrogen) atoms. The number of nitrogens with zero attached hydrogens (tertiary/aromatic N) is 1.